The van der Waals surface area contributed by atoms with E-state index >= 15 is 0 Å². The minimum atomic E-state index is -1.71. The summed E-state index contributed by atoms with van der Waals surface area (Å²) in [6.07, 6.45) is 2.28. The Morgan fingerprint density at radius 3 is 2.51 bits per heavy atom. The first kappa shape index (κ1) is 26.5. The monoisotopic (exact) mass is 491 g/mol. The molecule has 10 heteroatoms. The Balaban J connectivity index is 1.73. The number of carbonyl (C=O) groups is 1. The summed E-state index contributed by atoms with van der Waals surface area (Å²) in [5, 5.41) is 9.32. The summed E-state index contributed by atoms with van der Waals surface area (Å²) in [5.41, 5.74) is 2.09. The molecule has 0 bridgehead atoms. The van der Waals surface area contributed by atoms with Crippen molar-refractivity contribution in [1.82, 2.24) is 9.97 Å². The average molecular weight is 492 g/mol. The fourth-order valence-electron chi connectivity index (χ4n) is 3.80. The summed E-state index contributed by atoms with van der Waals surface area (Å²) < 4.78 is 40.9. The van der Waals surface area contributed by atoms with E-state index in [2.05, 4.69) is 4.98 Å². The highest BCUT2D eigenvalue weighted by Crippen LogP contribution is 2.32. The summed E-state index contributed by atoms with van der Waals surface area (Å²) in [4.78, 5) is 22.7. The van der Waals surface area contributed by atoms with Crippen molar-refractivity contribution in [3.05, 3.63) is 48.3 Å². The first-order chi connectivity index (χ1) is 17.0. The molecule has 8 nitrogen and oxygen atoms in total. The van der Waals surface area contributed by atoms with Gasteiger partial charge in [-0.2, -0.15) is 8.78 Å². The number of halogens is 2. The Morgan fingerprint density at radius 1 is 1.14 bits per heavy atom. The van der Waals surface area contributed by atoms with Crippen molar-refractivity contribution in [3.63, 3.8) is 0 Å². The summed E-state index contributed by atoms with van der Waals surface area (Å²) in [5.74, 6) is 0.164. The van der Waals surface area contributed by atoms with Crippen molar-refractivity contribution in [2.45, 2.75) is 25.7 Å². The van der Waals surface area contributed by atoms with Crippen LogP contribution < -0.4 is 9.64 Å². The molecule has 1 saturated heterocycles. The van der Waals surface area contributed by atoms with Crippen LogP contribution in [0.5, 0.6) is 5.75 Å². The number of piperidine rings is 1. The van der Waals surface area contributed by atoms with Crippen LogP contribution in [0.25, 0.3) is 11.3 Å². The van der Waals surface area contributed by atoms with Crippen LogP contribution in [0.2, 0.25) is 0 Å². The van der Waals surface area contributed by atoms with Gasteiger partial charge in [0, 0.05) is 32.0 Å². The Kier molecular flexibility index (Phi) is 10.4. The molecule has 1 fully saturated rings. The second kappa shape index (κ2) is 13.7. The molecule has 1 aliphatic rings. The van der Waals surface area contributed by atoms with Gasteiger partial charge in [0.2, 0.25) is 0 Å². The zero-order chi connectivity index (χ0) is 25.0. The van der Waals surface area contributed by atoms with Crippen molar-refractivity contribution in [2.24, 2.45) is 5.92 Å². The topological polar surface area (TPSA) is 94.0 Å². The van der Waals surface area contributed by atoms with E-state index in [0.717, 1.165) is 11.6 Å². The van der Waals surface area contributed by atoms with E-state index in [1.165, 1.54) is 0 Å². The number of nitrogens with zero attached hydrogens (tertiary/aromatic N) is 3. The number of aryl methyl sites for hydroxylation is 1. The number of benzene rings is 1. The molecule has 0 amide bonds. The van der Waals surface area contributed by atoms with Crippen molar-refractivity contribution in [3.8, 4) is 17.0 Å². The van der Waals surface area contributed by atoms with Gasteiger partial charge in [-0.1, -0.05) is 0 Å². The summed E-state index contributed by atoms with van der Waals surface area (Å²) >= 11 is 0. The van der Waals surface area contributed by atoms with E-state index in [0.29, 0.717) is 81.7 Å². The molecule has 0 unspecified atom stereocenters. The Morgan fingerprint density at radius 2 is 1.86 bits per heavy atom. The molecular formula is C25H31F2N3O5. The predicted octanol–water partition coefficient (Wildman–Crippen LogP) is 4.20. The van der Waals surface area contributed by atoms with Gasteiger partial charge in [-0.15, -0.1) is 0 Å². The minimum Gasteiger partial charge on any atom is -0.491 e. The molecule has 0 atom stereocenters. The number of carboxylic acids is 1. The van der Waals surface area contributed by atoms with Crippen LogP contribution >= 0.6 is 0 Å². The number of allylic oxidation sites excluding steroid dienone is 1. The van der Waals surface area contributed by atoms with Crippen molar-refractivity contribution < 1.29 is 32.9 Å². The maximum absolute atomic E-state index is 12.4. The second-order valence-corrected chi connectivity index (χ2v) is 8.14. The van der Waals surface area contributed by atoms with Gasteiger partial charge < -0.3 is 24.2 Å². The smallest absolute Gasteiger partial charge is 0.306 e. The van der Waals surface area contributed by atoms with E-state index in [1.54, 1.807) is 13.3 Å². The van der Waals surface area contributed by atoms with Gasteiger partial charge in [0.15, 0.2) is 5.82 Å². The van der Waals surface area contributed by atoms with Gasteiger partial charge in [0.25, 0.3) is 6.08 Å². The quantitative estimate of drug-likeness (QED) is 0.417. The third kappa shape index (κ3) is 8.25. The molecule has 35 heavy (non-hydrogen) atoms. The molecule has 2 heterocycles. The molecule has 0 spiro atoms. The van der Waals surface area contributed by atoms with Crippen LogP contribution in [0, 0.1) is 5.92 Å². The molecule has 3 rings (SSSR count). The van der Waals surface area contributed by atoms with Gasteiger partial charge in [0.05, 0.1) is 31.4 Å². The predicted molar refractivity (Wildman–Crippen MR) is 127 cm³/mol. The first-order valence-corrected chi connectivity index (χ1v) is 11.6. The fourth-order valence-corrected chi connectivity index (χ4v) is 3.80. The molecule has 2 aromatic rings. The van der Waals surface area contributed by atoms with E-state index in [4.69, 9.17) is 19.2 Å². The molecule has 1 aromatic heterocycles. The molecule has 1 N–H and O–H groups in total. The number of anilines is 1. The normalized spacial score (nSPS) is 14.1. The summed E-state index contributed by atoms with van der Waals surface area (Å²) in [6.45, 7) is 2.98. The van der Waals surface area contributed by atoms with Gasteiger partial charge >= 0.3 is 5.97 Å². The molecule has 1 aliphatic heterocycles. The van der Waals surface area contributed by atoms with Crippen molar-refractivity contribution in [2.75, 3.05) is 51.5 Å². The maximum atomic E-state index is 12.4. The Bertz CT molecular complexity index is 976. The zero-order valence-corrected chi connectivity index (χ0v) is 19.8. The van der Waals surface area contributed by atoms with Crippen molar-refractivity contribution >= 4 is 11.8 Å². The number of ether oxygens (including phenoxy) is 3. The summed E-state index contributed by atoms with van der Waals surface area (Å²) in [7, 11) is 1.62. The molecule has 0 saturated carbocycles. The zero-order valence-electron chi connectivity index (χ0n) is 19.8. The third-order valence-corrected chi connectivity index (χ3v) is 5.70. The van der Waals surface area contributed by atoms with E-state index in [1.807, 2.05) is 29.2 Å². The lowest BCUT2D eigenvalue weighted by molar-refractivity contribution is -0.142. The molecule has 1 aromatic carbocycles. The number of rotatable bonds is 13. The molecule has 0 radical (unpaired) electrons. The van der Waals surface area contributed by atoms with Crippen LogP contribution in [0.4, 0.5) is 14.6 Å². The average Bonchev–Trinajstić information content (AvgIpc) is 2.86. The van der Waals surface area contributed by atoms with Crippen LogP contribution in [0.15, 0.2) is 42.6 Å². The Labute approximate surface area is 203 Å². The molecule has 190 valence electrons. The van der Waals surface area contributed by atoms with Gasteiger partial charge in [-0.05, 0) is 56.0 Å². The second-order valence-electron chi connectivity index (χ2n) is 8.14. The highest BCUT2D eigenvalue weighted by atomic mass is 19.3. The van der Waals surface area contributed by atoms with Gasteiger partial charge in [0.1, 0.15) is 18.1 Å². The molecular weight excluding hydrogens is 460 g/mol. The highest BCUT2D eigenvalue weighted by Gasteiger charge is 2.27. The van der Waals surface area contributed by atoms with Gasteiger partial charge in [-0.3, -0.25) is 9.78 Å². The van der Waals surface area contributed by atoms with Crippen LogP contribution in [0.3, 0.4) is 0 Å². The van der Waals surface area contributed by atoms with Gasteiger partial charge in [-0.25, -0.2) is 4.98 Å². The first-order valence-electron chi connectivity index (χ1n) is 11.6. The van der Waals surface area contributed by atoms with Crippen molar-refractivity contribution in [1.29, 1.82) is 0 Å². The van der Waals surface area contributed by atoms with E-state index in [9.17, 15) is 18.7 Å². The minimum absolute atomic E-state index is 0.165. The third-order valence-electron chi connectivity index (χ3n) is 5.70. The molecule has 0 aliphatic carbocycles. The van der Waals surface area contributed by atoms with Crippen LogP contribution in [-0.2, 0) is 20.7 Å². The highest BCUT2D eigenvalue weighted by molar-refractivity contribution is 5.74. The largest absolute Gasteiger partial charge is 0.491 e. The van der Waals surface area contributed by atoms with E-state index < -0.39 is 12.0 Å². The number of hydrogen-bond donors (Lipinski definition) is 1. The van der Waals surface area contributed by atoms with E-state index in [-0.39, 0.29) is 12.3 Å². The summed E-state index contributed by atoms with van der Waals surface area (Å²) in [6, 6.07) is 7.46. The standard InChI is InChI=1S/C25H31F2N3O5/c1-33-13-14-34-15-16-35-21-7-5-18(6-8-21)23-24(30-11-9-19(10-12-30)25(31)32)29-20(17-28-23)3-2-4-22(26)27/h4-8,17,19H,2-3,9-16H2,1H3,(H,31,32). The van der Waals surface area contributed by atoms with Crippen LogP contribution in [0.1, 0.15) is 25.0 Å². The number of aliphatic carboxylic acids is 1. The number of carboxylic acid groups (broad SMARTS) is 1. The lowest BCUT2D eigenvalue weighted by Crippen LogP contribution is -2.37. The number of hydrogen-bond acceptors (Lipinski definition) is 7. The Hall–Kier alpha value is -3.11. The lowest BCUT2D eigenvalue weighted by atomic mass is 9.97. The number of methoxy groups -OCH3 is 1. The fraction of sp³-hybridized carbons (Fsp3) is 0.480. The SMILES string of the molecule is COCCOCCOc1ccc(-c2ncc(CCC=C(F)F)nc2N2CCC(C(=O)O)CC2)cc1. The lowest BCUT2D eigenvalue weighted by Gasteiger charge is -2.32. The number of aromatic nitrogens is 2. The van der Waals surface area contributed by atoms with Crippen LogP contribution in [-0.4, -0.2) is 67.7 Å². The maximum Gasteiger partial charge on any atom is 0.306 e.